The summed E-state index contributed by atoms with van der Waals surface area (Å²) in [6.07, 6.45) is 0.438. The number of halogens is 1. The predicted octanol–water partition coefficient (Wildman–Crippen LogP) is 3.57. The molecular formula is C22H19ClN4O3S. The number of hydrogen-bond donors (Lipinski definition) is 0. The molecule has 0 radical (unpaired) electrons. The Labute approximate surface area is 187 Å². The number of carbonyl (C=O) groups excluding carboxylic acids is 3. The van der Waals surface area contributed by atoms with Crippen LogP contribution in [0.15, 0.2) is 42.5 Å². The van der Waals surface area contributed by atoms with E-state index in [0.29, 0.717) is 42.5 Å². The molecule has 2 aliphatic heterocycles. The number of piperazine rings is 1. The van der Waals surface area contributed by atoms with E-state index >= 15 is 0 Å². The van der Waals surface area contributed by atoms with Gasteiger partial charge in [-0.1, -0.05) is 29.0 Å². The van der Waals surface area contributed by atoms with Crippen molar-refractivity contribution in [3.63, 3.8) is 0 Å². The third-order valence-corrected chi connectivity index (χ3v) is 6.89. The minimum absolute atomic E-state index is 0.100. The van der Waals surface area contributed by atoms with Gasteiger partial charge in [0, 0.05) is 49.6 Å². The number of thiazole rings is 1. The fourth-order valence-electron chi connectivity index (χ4n) is 3.95. The first-order chi connectivity index (χ1) is 15.0. The van der Waals surface area contributed by atoms with Gasteiger partial charge in [0.15, 0.2) is 5.13 Å². The number of hydrogen-bond acceptors (Lipinski definition) is 6. The predicted molar refractivity (Wildman–Crippen MR) is 121 cm³/mol. The summed E-state index contributed by atoms with van der Waals surface area (Å²) in [5, 5.41) is 1.62. The standard InChI is InChI=1S/C22H19ClN4O3S/c23-15-4-5-17-18(13-15)31-22(24-17)26-10-8-25(9-11-26)21(30)14-2-1-3-16(12-14)27-19(28)6-7-20(27)29/h1-5,12-13H,6-11H2. The van der Waals surface area contributed by atoms with Gasteiger partial charge in [0.2, 0.25) is 11.8 Å². The molecule has 2 fully saturated rings. The monoisotopic (exact) mass is 454 g/mol. The van der Waals surface area contributed by atoms with E-state index in [2.05, 4.69) is 9.88 Å². The number of carbonyl (C=O) groups is 3. The maximum atomic E-state index is 13.0. The Kier molecular flexibility index (Phi) is 5.11. The lowest BCUT2D eigenvalue weighted by Gasteiger charge is -2.34. The highest BCUT2D eigenvalue weighted by Gasteiger charge is 2.31. The molecule has 0 atom stereocenters. The fourth-order valence-corrected chi connectivity index (χ4v) is 5.24. The summed E-state index contributed by atoms with van der Waals surface area (Å²) in [5.41, 5.74) is 1.86. The van der Waals surface area contributed by atoms with Gasteiger partial charge in [-0.05, 0) is 36.4 Å². The second-order valence-corrected chi connectivity index (χ2v) is 9.01. The molecule has 0 spiro atoms. The lowest BCUT2D eigenvalue weighted by molar-refractivity contribution is -0.121. The van der Waals surface area contributed by atoms with Crippen LogP contribution in [0, 0.1) is 0 Å². The number of anilines is 2. The molecule has 3 aromatic rings. The Hall–Kier alpha value is -2.97. The van der Waals surface area contributed by atoms with Crippen molar-refractivity contribution in [3.05, 3.63) is 53.1 Å². The summed E-state index contributed by atoms with van der Waals surface area (Å²) >= 11 is 7.67. The minimum Gasteiger partial charge on any atom is -0.345 e. The largest absolute Gasteiger partial charge is 0.345 e. The molecular weight excluding hydrogens is 436 g/mol. The van der Waals surface area contributed by atoms with E-state index in [1.165, 1.54) is 4.90 Å². The first-order valence-corrected chi connectivity index (χ1v) is 11.3. The molecule has 31 heavy (non-hydrogen) atoms. The lowest BCUT2D eigenvalue weighted by atomic mass is 10.1. The molecule has 1 aromatic heterocycles. The van der Waals surface area contributed by atoms with Crippen LogP contribution in [-0.4, -0.2) is 53.8 Å². The van der Waals surface area contributed by atoms with Crippen molar-refractivity contribution in [3.8, 4) is 0 Å². The normalized spacial score (nSPS) is 17.1. The van der Waals surface area contributed by atoms with Crippen LogP contribution in [0.3, 0.4) is 0 Å². The van der Waals surface area contributed by atoms with Gasteiger partial charge >= 0.3 is 0 Å². The van der Waals surface area contributed by atoms with Crippen molar-refractivity contribution in [2.24, 2.45) is 0 Å². The highest BCUT2D eigenvalue weighted by molar-refractivity contribution is 7.22. The molecule has 2 saturated heterocycles. The van der Waals surface area contributed by atoms with E-state index in [0.717, 1.165) is 15.3 Å². The van der Waals surface area contributed by atoms with Crippen molar-refractivity contribution in [1.82, 2.24) is 9.88 Å². The second-order valence-electron chi connectivity index (χ2n) is 7.56. The summed E-state index contributed by atoms with van der Waals surface area (Å²) in [4.78, 5) is 46.9. The van der Waals surface area contributed by atoms with Crippen LogP contribution in [0.2, 0.25) is 5.02 Å². The second kappa shape index (κ2) is 7.94. The highest BCUT2D eigenvalue weighted by atomic mass is 35.5. The summed E-state index contributed by atoms with van der Waals surface area (Å²) in [5.74, 6) is -0.544. The number of benzene rings is 2. The molecule has 7 nitrogen and oxygen atoms in total. The summed E-state index contributed by atoms with van der Waals surface area (Å²) < 4.78 is 1.05. The smallest absolute Gasteiger partial charge is 0.254 e. The molecule has 0 aliphatic carbocycles. The maximum Gasteiger partial charge on any atom is 0.254 e. The van der Waals surface area contributed by atoms with Gasteiger partial charge in [0.1, 0.15) is 0 Å². The van der Waals surface area contributed by atoms with Gasteiger partial charge in [0.05, 0.1) is 15.9 Å². The van der Waals surface area contributed by atoms with Crippen LogP contribution >= 0.6 is 22.9 Å². The number of fused-ring (bicyclic) bond motifs is 1. The van der Waals surface area contributed by atoms with E-state index < -0.39 is 0 Å². The molecule has 5 rings (SSSR count). The highest BCUT2D eigenvalue weighted by Crippen LogP contribution is 2.31. The molecule has 0 bridgehead atoms. The van der Waals surface area contributed by atoms with Crippen LogP contribution in [0.25, 0.3) is 10.2 Å². The average molecular weight is 455 g/mol. The Bertz CT molecular complexity index is 1190. The molecule has 3 heterocycles. The zero-order valence-electron chi connectivity index (χ0n) is 16.6. The van der Waals surface area contributed by atoms with E-state index in [-0.39, 0.29) is 30.6 Å². The number of rotatable bonds is 3. The van der Waals surface area contributed by atoms with Crippen molar-refractivity contribution in [2.75, 3.05) is 36.0 Å². The number of aromatic nitrogens is 1. The molecule has 2 aromatic carbocycles. The van der Waals surface area contributed by atoms with Gasteiger partial charge in [-0.15, -0.1) is 0 Å². The molecule has 0 unspecified atom stereocenters. The van der Waals surface area contributed by atoms with Gasteiger partial charge in [-0.3, -0.25) is 19.3 Å². The van der Waals surface area contributed by atoms with E-state index in [9.17, 15) is 14.4 Å². The van der Waals surface area contributed by atoms with E-state index in [1.54, 1.807) is 40.5 Å². The zero-order valence-corrected chi connectivity index (χ0v) is 18.2. The Morgan fingerprint density at radius 3 is 2.45 bits per heavy atom. The first-order valence-electron chi connectivity index (χ1n) is 10.1. The van der Waals surface area contributed by atoms with Gasteiger partial charge in [0.25, 0.3) is 5.91 Å². The summed E-state index contributed by atoms with van der Waals surface area (Å²) in [6.45, 7) is 2.51. The van der Waals surface area contributed by atoms with Crippen molar-refractivity contribution < 1.29 is 14.4 Å². The van der Waals surface area contributed by atoms with Crippen LogP contribution in [0.5, 0.6) is 0 Å². The van der Waals surface area contributed by atoms with Crippen LogP contribution < -0.4 is 9.80 Å². The van der Waals surface area contributed by atoms with Crippen LogP contribution in [0.1, 0.15) is 23.2 Å². The zero-order chi connectivity index (χ0) is 21.5. The van der Waals surface area contributed by atoms with Crippen molar-refractivity contribution >= 4 is 61.7 Å². The van der Waals surface area contributed by atoms with Gasteiger partial charge in [-0.2, -0.15) is 0 Å². The van der Waals surface area contributed by atoms with Gasteiger partial charge < -0.3 is 9.80 Å². The third-order valence-electron chi connectivity index (χ3n) is 5.58. The number of imide groups is 1. The number of amides is 3. The minimum atomic E-state index is -0.222. The van der Waals surface area contributed by atoms with E-state index in [1.807, 2.05) is 18.2 Å². The van der Waals surface area contributed by atoms with Crippen LogP contribution in [-0.2, 0) is 9.59 Å². The topological polar surface area (TPSA) is 73.8 Å². The van der Waals surface area contributed by atoms with E-state index in [4.69, 9.17) is 11.6 Å². The van der Waals surface area contributed by atoms with Crippen molar-refractivity contribution in [2.45, 2.75) is 12.8 Å². The summed E-state index contributed by atoms with van der Waals surface area (Å²) in [7, 11) is 0. The molecule has 0 N–H and O–H groups in total. The molecule has 0 saturated carbocycles. The van der Waals surface area contributed by atoms with Gasteiger partial charge in [-0.25, -0.2) is 4.98 Å². The molecule has 158 valence electrons. The Morgan fingerprint density at radius 1 is 0.968 bits per heavy atom. The lowest BCUT2D eigenvalue weighted by Crippen LogP contribution is -2.48. The van der Waals surface area contributed by atoms with Crippen molar-refractivity contribution in [1.29, 1.82) is 0 Å². The quantitative estimate of drug-likeness (QED) is 0.566. The molecule has 9 heteroatoms. The molecule has 3 amide bonds. The summed E-state index contributed by atoms with van der Waals surface area (Å²) in [6, 6.07) is 12.4. The maximum absolute atomic E-state index is 13.0. The fraction of sp³-hybridized carbons (Fsp3) is 0.273. The molecule has 2 aliphatic rings. The Balaban J connectivity index is 1.28. The van der Waals surface area contributed by atoms with Crippen LogP contribution in [0.4, 0.5) is 10.8 Å². The third kappa shape index (κ3) is 3.77. The Morgan fingerprint density at radius 2 is 1.71 bits per heavy atom. The number of nitrogens with zero attached hydrogens (tertiary/aromatic N) is 4. The SMILES string of the molecule is O=C(c1cccc(N2C(=O)CCC2=O)c1)N1CCN(c2nc3ccc(Cl)cc3s2)CC1. The average Bonchev–Trinajstić information content (AvgIpc) is 3.35. The first kappa shape index (κ1) is 20.0.